The second-order valence-electron chi connectivity index (χ2n) is 0. The molecule has 0 aliphatic heterocycles. The minimum atomic E-state index is 0. The van der Waals surface area contributed by atoms with Gasteiger partial charge in [0.15, 0.2) is 0 Å². The molecule has 0 saturated carbocycles. The summed E-state index contributed by atoms with van der Waals surface area (Å²) in [4.78, 5) is 0. The fourth-order valence-corrected chi connectivity index (χ4v) is 0. The fourth-order valence-electron chi connectivity index (χ4n) is 0. The van der Waals surface area contributed by atoms with Crippen LogP contribution in [0.1, 0.15) is 0 Å². The molecule has 0 spiro atoms. The predicted molar refractivity (Wildman–Crippen MR) is 17.8 cm³/mol. The Kier molecular flexibility index (Phi) is 77.8. The van der Waals surface area contributed by atoms with Gasteiger partial charge in [0.1, 0.15) is 0 Å². The molecule has 19 valence electrons. The second kappa shape index (κ2) is 19.0. The van der Waals surface area contributed by atoms with E-state index in [1.165, 1.54) is 0 Å². The van der Waals surface area contributed by atoms with Gasteiger partial charge in [-0.15, -0.1) is 0 Å². The molecule has 0 aliphatic carbocycles. The molecule has 0 rings (SSSR count). The molecule has 0 N–H and O–H groups in total. The van der Waals surface area contributed by atoms with Gasteiger partial charge < -0.3 is 0 Å². The average molecular weight is 298 g/mol. The summed E-state index contributed by atoms with van der Waals surface area (Å²) >= 11 is 0.194. The van der Waals surface area contributed by atoms with Crippen molar-refractivity contribution >= 4 is 55.6 Å². The molecule has 0 aromatic rings. The van der Waals surface area contributed by atoms with Crippen LogP contribution in [0.2, 0.25) is 0 Å². The zero-order valence-corrected chi connectivity index (χ0v) is 4.07. The first-order chi connectivity index (χ1) is 1.00. The van der Waals surface area contributed by atoms with E-state index in [-0.39, 0.29) is 76.6 Å². The minimum absolute atomic E-state index is 0. The van der Waals surface area contributed by atoms with Gasteiger partial charge in [-0.05, 0) is 0 Å². The summed E-state index contributed by atoms with van der Waals surface area (Å²) in [5, 5.41) is 0. The van der Waals surface area contributed by atoms with Crippen LogP contribution in [0.5, 0.6) is 0 Å². The SMILES string of the molecule is [BeH2].[O]=[Ta].[SrH2]. The van der Waals surface area contributed by atoms with E-state index in [0.29, 0.717) is 0 Å². The van der Waals surface area contributed by atoms with Gasteiger partial charge in [-0.1, -0.05) is 0 Å². The molecule has 0 amide bonds. The van der Waals surface area contributed by atoms with Crippen LogP contribution in [0, 0.1) is 0 Å². The molecule has 0 heterocycles. The molecule has 0 aromatic heterocycles. The van der Waals surface area contributed by atoms with E-state index < -0.39 is 0 Å². The van der Waals surface area contributed by atoms with Crippen LogP contribution < -0.4 is 0 Å². The third-order valence-electron chi connectivity index (χ3n) is 0. The van der Waals surface area contributed by atoms with E-state index in [0.717, 1.165) is 0 Å². The van der Waals surface area contributed by atoms with Crippen molar-refractivity contribution in [2.45, 2.75) is 0 Å². The van der Waals surface area contributed by atoms with Gasteiger partial charge in [-0.2, -0.15) is 0 Å². The van der Waals surface area contributed by atoms with Crippen LogP contribution in [-0.4, -0.2) is 55.6 Å². The van der Waals surface area contributed by atoms with E-state index in [9.17, 15) is 0 Å². The molecule has 0 aliphatic rings. The van der Waals surface area contributed by atoms with Crippen molar-refractivity contribution in [2.24, 2.45) is 0 Å². The van der Waals surface area contributed by atoms with Crippen molar-refractivity contribution < 1.29 is 24.3 Å². The van der Waals surface area contributed by atoms with Crippen molar-refractivity contribution in [3.63, 3.8) is 0 Å². The summed E-state index contributed by atoms with van der Waals surface area (Å²) in [6, 6.07) is 0. The molecule has 0 aromatic carbocycles. The van der Waals surface area contributed by atoms with Gasteiger partial charge in [0.05, 0.1) is 0 Å². The normalized spacial score (nSPS) is 0.750. The quantitative estimate of drug-likeness (QED) is 0.475. The van der Waals surface area contributed by atoms with Gasteiger partial charge in [-0.25, -0.2) is 0 Å². The maximum atomic E-state index is 8.36. The van der Waals surface area contributed by atoms with Gasteiger partial charge in [0, 0.05) is 0 Å². The van der Waals surface area contributed by atoms with E-state index in [1.807, 2.05) is 0 Å². The van der Waals surface area contributed by atoms with Crippen LogP contribution in [0.15, 0.2) is 0 Å². The Balaban J connectivity index is -0.00000000500. The van der Waals surface area contributed by atoms with E-state index in [2.05, 4.69) is 0 Å². The standard InChI is InChI=1S/Be.O.Sr.Ta.4H. The molecule has 0 bridgehead atoms. The van der Waals surface area contributed by atoms with Crippen LogP contribution in [0.4, 0.5) is 0 Å². The van der Waals surface area contributed by atoms with Crippen LogP contribution >= 0.6 is 0 Å². The fraction of sp³-hybridized carbons (Fsp3) is 0. The topological polar surface area (TPSA) is 17.1 Å². The zero-order chi connectivity index (χ0) is 2.00. The van der Waals surface area contributed by atoms with Gasteiger partial charge in [0.25, 0.3) is 0 Å². The molecule has 0 atom stereocenters. The summed E-state index contributed by atoms with van der Waals surface area (Å²) in [5.74, 6) is 0. The van der Waals surface area contributed by atoms with Crippen LogP contribution in [0.3, 0.4) is 0 Å². The Morgan fingerprint density at radius 1 is 1.25 bits per heavy atom. The van der Waals surface area contributed by atoms with Gasteiger partial charge >= 0.3 is 79.9 Å². The Morgan fingerprint density at radius 3 is 1.25 bits per heavy atom. The molecule has 0 saturated heterocycles. The van der Waals surface area contributed by atoms with Crippen molar-refractivity contribution in [3.8, 4) is 0 Å². The average Bonchev–Trinajstić information content (AvgIpc) is 1.00. The van der Waals surface area contributed by atoms with Crippen molar-refractivity contribution in [3.05, 3.63) is 0 Å². The summed E-state index contributed by atoms with van der Waals surface area (Å²) in [5.41, 5.74) is 0. The van der Waals surface area contributed by atoms with Gasteiger partial charge in [-0.3, -0.25) is 0 Å². The molecule has 1 nitrogen and oxygen atoms in total. The number of hydrogen-bond donors (Lipinski definition) is 0. The first kappa shape index (κ1) is 16.4. The Labute approximate surface area is 78.3 Å². The van der Waals surface area contributed by atoms with Crippen molar-refractivity contribution in [1.29, 1.82) is 0 Å². The third-order valence-corrected chi connectivity index (χ3v) is 0. The molecule has 0 radical (unpaired) electrons. The summed E-state index contributed by atoms with van der Waals surface area (Å²) < 4.78 is 8.36. The van der Waals surface area contributed by atoms with Crippen molar-refractivity contribution in [1.82, 2.24) is 0 Å². The number of rotatable bonds is 0. The molecule has 4 heteroatoms. The van der Waals surface area contributed by atoms with E-state index in [4.69, 9.17) is 3.25 Å². The Hall–Kier alpha value is 2.19. The predicted octanol–water partition coefficient (Wildman–Crippen LogP) is -1.95. The Bertz CT molecular complexity index is 8.00. The van der Waals surface area contributed by atoms with Gasteiger partial charge in [0.2, 0.25) is 0 Å². The zero-order valence-electron chi connectivity index (χ0n) is 0.855. The first-order valence-corrected chi connectivity index (χ1v) is 1.49. The van der Waals surface area contributed by atoms with Crippen LogP contribution in [-0.2, 0) is 24.3 Å². The number of hydrogen-bond acceptors (Lipinski definition) is 1. The Morgan fingerprint density at radius 2 is 1.25 bits per heavy atom. The monoisotopic (exact) mass is 298 g/mol. The molecule has 4 heavy (non-hydrogen) atoms. The molecule has 0 fully saturated rings. The second-order valence-corrected chi connectivity index (χ2v) is 0. The van der Waals surface area contributed by atoms with Crippen molar-refractivity contribution in [2.75, 3.05) is 0 Å². The molecule has 0 unspecified atom stereocenters. The first-order valence-electron chi connectivity index (χ1n) is 0.183. The third kappa shape index (κ3) is 8.89. The summed E-state index contributed by atoms with van der Waals surface area (Å²) in [6.45, 7) is 0. The molecular weight excluding hydrogens is 294 g/mol. The van der Waals surface area contributed by atoms with E-state index >= 15 is 0 Å². The maximum absolute atomic E-state index is 8.36. The van der Waals surface area contributed by atoms with E-state index in [1.54, 1.807) is 0 Å². The molecular formula is H4BeOSrTa. The van der Waals surface area contributed by atoms with Crippen LogP contribution in [0.25, 0.3) is 0 Å². The summed E-state index contributed by atoms with van der Waals surface area (Å²) in [7, 11) is 0. The summed E-state index contributed by atoms with van der Waals surface area (Å²) in [6.07, 6.45) is 0.